The van der Waals surface area contributed by atoms with Crippen molar-refractivity contribution >= 4 is 17.8 Å². The summed E-state index contributed by atoms with van der Waals surface area (Å²) in [6.07, 6.45) is 1.92. The Balaban J connectivity index is 2.82. The molecule has 1 amide bonds. The highest BCUT2D eigenvalue weighted by Gasteiger charge is 2.20. The van der Waals surface area contributed by atoms with Crippen molar-refractivity contribution in [1.82, 2.24) is 5.32 Å². The summed E-state index contributed by atoms with van der Waals surface area (Å²) in [5, 5.41) is 11.5. The van der Waals surface area contributed by atoms with Gasteiger partial charge in [0.25, 0.3) is 5.91 Å². The Hall–Kier alpha value is -2.37. The molecule has 0 aromatic heterocycles. The van der Waals surface area contributed by atoms with Gasteiger partial charge in [-0.1, -0.05) is 25.8 Å². The van der Waals surface area contributed by atoms with Crippen molar-refractivity contribution in [3.8, 4) is 0 Å². The molecule has 6 heteroatoms. The zero-order valence-corrected chi connectivity index (χ0v) is 12.1. The number of carboxylic acid groups (broad SMARTS) is 1. The lowest BCUT2D eigenvalue weighted by atomic mass is 10.1. The lowest BCUT2D eigenvalue weighted by molar-refractivity contribution is -0.139. The molecule has 1 atom stereocenters. The van der Waals surface area contributed by atoms with Crippen molar-refractivity contribution < 1.29 is 24.2 Å². The number of carbonyl (C=O) groups is 3. The molecule has 114 valence electrons. The molecule has 0 spiro atoms. The molecule has 1 aromatic carbocycles. The van der Waals surface area contributed by atoms with Crippen LogP contribution in [0.15, 0.2) is 24.3 Å². The van der Waals surface area contributed by atoms with Crippen LogP contribution in [0.1, 0.15) is 46.9 Å². The van der Waals surface area contributed by atoms with Crippen LogP contribution in [0.2, 0.25) is 0 Å². The summed E-state index contributed by atoms with van der Waals surface area (Å²) >= 11 is 0. The van der Waals surface area contributed by atoms with Gasteiger partial charge in [0.05, 0.1) is 12.7 Å². The van der Waals surface area contributed by atoms with E-state index in [4.69, 9.17) is 5.11 Å². The number of unbranched alkanes of at least 4 members (excludes halogenated alkanes) is 1. The van der Waals surface area contributed by atoms with Gasteiger partial charge in [0.2, 0.25) is 0 Å². The predicted octanol–water partition coefficient (Wildman–Crippen LogP) is 1.85. The fourth-order valence-electron chi connectivity index (χ4n) is 1.81. The maximum absolute atomic E-state index is 12.1. The van der Waals surface area contributed by atoms with Crippen molar-refractivity contribution in [3.05, 3.63) is 35.4 Å². The van der Waals surface area contributed by atoms with Crippen molar-refractivity contribution in [2.24, 2.45) is 0 Å². The normalized spacial score (nSPS) is 11.5. The van der Waals surface area contributed by atoms with Crippen LogP contribution >= 0.6 is 0 Å². The number of carboxylic acids is 1. The highest BCUT2D eigenvalue weighted by molar-refractivity contribution is 5.99. The topological polar surface area (TPSA) is 92.7 Å². The maximum Gasteiger partial charge on any atom is 0.337 e. The minimum absolute atomic E-state index is 0.223. The Morgan fingerprint density at radius 1 is 1.29 bits per heavy atom. The predicted molar refractivity (Wildman–Crippen MR) is 76.2 cm³/mol. The Morgan fingerprint density at radius 2 is 1.95 bits per heavy atom. The van der Waals surface area contributed by atoms with Crippen LogP contribution in [-0.2, 0) is 9.53 Å². The number of esters is 1. The molecule has 1 aromatic rings. The van der Waals surface area contributed by atoms with Crippen LogP contribution in [0.4, 0.5) is 0 Å². The van der Waals surface area contributed by atoms with Gasteiger partial charge >= 0.3 is 11.9 Å². The minimum Gasteiger partial charge on any atom is -0.480 e. The van der Waals surface area contributed by atoms with E-state index in [1.165, 1.54) is 25.3 Å². The molecule has 0 saturated heterocycles. The number of carbonyl (C=O) groups excluding carboxylic acids is 2. The average molecular weight is 293 g/mol. The number of benzene rings is 1. The summed E-state index contributed by atoms with van der Waals surface area (Å²) < 4.78 is 4.58. The number of rotatable bonds is 7. The van der Waals surface area contributed by atoms with E-state index in [0.29, 0.717) is 12.8 Å². The smallest absolute Gasteiger partial charge is 0.337 e. The lowest BCUT2D eigenvalue weighted by Crippen LogP contribution is -2.40. The number of nitrogens with one attached hydrogen (secondary N) is 1. The molecule has 2 N–H and O–H groups in total. The highest BCUT2D eigenvalue weighted by Crippen LogP contribution is 2.08. The first kappa shape index (κ1) is 16.7. The minimum atomic E-state index is -1.07. The highest BCUT2D eigenvalue weighted by atomic mass is 16.5. The van der Waals surface area contributed by atoms with Gasteiger partial charge in [0.1, 0.15) is 6.04 Å². The van der Waals surface area contributed by atoms with Crippen molar-refractivity contribution in [1.29, 1.82) is 0 Å². The van der Waals surface area contributed by atoms with Gasteiger partial charge < -0.3 is 15.2 Å². The van der Waals surface area contributed by atoms with E-state index in [0.717, 1.165) is 6.42 Å². The zero-order valence-electron chi connectivity index (χ0n) is 12.1. The van der Waals surface area contributed by atoms with E-state index in [2.05, 4.69) is 10.1 Å². The number of hydrogen-bond donors (Lipinski definition) is 2. The molecule has 6 nitrogen and oxygen atoms in total. The molecule has 0 saturated carbocycles. The van der Waals surface area contributed by atoms with E-state index in [1.54, 1.807) is 6.07 Å². The Bertz CT molecular complexity index is 527. The van der Waals surface area contributed by atoms with Crippen LogP contribution in [0.5, 0.6) is 0 Å². The molecule has 21 heavy (non-hydrogen) atoms. The van der Waals surface area contributed by atoms with Gasteiger partial charge in [-0.05, 0) is 24.6 Å². The SMILES string of the molecule is CCCC[C@H](NC(=O)c1cccc(C(=O)OC)c1)C(=O)O. The molecule has 0 aliphatic rings. The average Bonchev–Trinajstić information content (AvgIpc) is 2.50. The summed E-state index contributed by atoms with van der Waals surface area (Å²) in [5.41, 5.74) is 0.464. The van der Waals surface area contributed by atoms with Gasteiger partial charge in [0, 0.05) is 5.56 Å². The van der Waals surface area contributed by atoms with E-state index in [1.807, 2.05) is 6.92 Å². The van der Waals surface area contributed by atoms with Crippen molar-refractivity contribution in [3.63, 3.8) is 0 Å². The molecule has 0 bridgehead atoms. The first-order valence-electron chi connectivity index (χ1n) is 6.71. The fraction of sp³-hybridized carbons (Fsp3) is 0.400. The van der Waals surface area contributed by atoms with E-state index >= 15 is 0 Å². The summed E-state index contributed by atoms with van der Waals surface area (Å²) in [5.74, 6) is -2.14. The molecule has 0 aliphatic carbocycles. The van der Waals surface area contributed by atoms with Gasteiger partial charge in [0.15, 0.2) is 0 Å². The number of hydrogen-bond acceptors (Lipinski definition) is 4. The zero-order chi connectivity index (χ0) is 15.8. The second-order valence-electron chi connectivity index (χ2n) is 4.58. The summed E-state index contributed by atoms with van der Waals surface area (Å²) in [7, 11) is 1.25. The maximum atomic E-state index is 12.1. The lowest BCUT2D eigenvalue weighted by Gasteiger charge is -2.14. The Kier molecular flexibility index (Phi) is 6.39. The van der Waals surface area contributed by atoms with Gasteiger partial charge in [-0.25, -0.2) is 9.59 Å². The summed E-state index contributed by atoms with van der Waals surface area (Å²) in [6, 6.07) is 5.02. The number of aliphatic carboxylic acids is 1. The third-order valence-electron chi connectivity index (χ3n) is 3.00. The fourth-order valence-corrected chi connectivity index (χ4v) is 1.81. The second kappa shape index (κ2) is 8.04. The van der Waals surface area contributed by atoms with Gasteiger partial charge in [-0.2, -0.15) is 0 Å². The third kappa shape index (κ3) is 4.91. The molecule has 0 fully saturated rings. The Morgan fingerprint density at radius 3 is 2.52 bits per heavy atom. The Labute approximate surface area is 123 Å². The standard InChI is InChI=1S/C15H19NO5/c1-3-4-8-12(14(18)19)16-13(17)10-6-5-7-11(9-10)15(20)21-2/h5-7,9,12H,3-4,8H2,1-2H3,(H,16,17)(H,18,19)/t12-/m0/s1. The molecule has 0 heterocycles. The van der Waals surface area contributed by atoms with Gasteiger partial charge in [-0.3, -0.25) is 4.79 Å². The van der Waals surface area contributed by atoms with Crippen LogP contribution < -0.4 is 5.32 Å². The molecular formula is C15H19NO5. The third-order valence-corrected chi connectivity index (χ3v) is 3.00. The second-order valence-corrected chi connectivity index (χ2v) is 4.58. The van der Waals surface area contributed by atoms with Crippen molar-refractivity contribution in [2.75, 3.05) is 7.11 Å². The molecule has 1 rings (SSSR count). The van der Waals surface area contributed by atoms with Gasteiger partial charge in [-0.15, -0.1) is 0 Å². The van der Waals surface area contributed by atoms with Crippen LogP contribution in [0.25, 0.3) is 0 Å². The van der Waals surface area contributed by atoms with Crippen LogP contribution in [-0.4, -0.2) is 36.1 Å². The molecular weight excluding hydrogens is 274 g/mol. The van der Waals surface area contributed by atoms with E-state index in [9.17, 15) is 14.4 Å². The number of ether oxygens (including phenoxy) is 1. The number of methoxy groups -OCH3 is 1. The number of amides is 1. The van der Waals surface area contributed by atoms with E-state index in [-0.39, 0.29) is 11.1 Å². The first-order valence-corrected chi connectivity index (χ1v) is 6.71. The molecule has 0 aliphatic heterocycles. The van der Waals surface area contributed by atoms with Crippen LogP contribution in [0, 0.1) is 0 Å². The van der Waals surface area contributed by atoms with Crippen LogP contribution in [0.3, 0.4) is 0 Å². The summed E-state index contributed by atoms with van der Waals surface area (Å²) in [6.45, 7) is 1.95. The van der Waals surface area contributed by atoms with Crippen molar-refractivity contribution in [2.45, 2.75) is 32.2 Å². The quantitative estimate of drug-likeness (QED) is 0.748. The largest absolute Gasteiger partial charge is 0.480 e. The first-order chi connectivity index (χ1) is 9.99. The molecule has 0 radical (unpaired) electrons. The van der Waals surface area contributed by atoms with E-state index < -0.39 is 23.9 Å². The monoisotopic (exact) mass is 293 g/mol. The summed E-state index contributed by atoms with van der Waals surface area (Å²) in [4.78, 5) is 34.6. The molecule has 0 unspecified atom stereocenters.